The van der Waals surface area contributed by atoms with Crippen LogP contribution in [0.15, 0.2) is 39.8 Å². The van der Waals surface area contributed by atoms with E-state index in [-0.39, 0.29) is 22.2 Å². The molecule has 3 N–H and O–H groups in total. The fourth-order valence-corrected chi connectivity index (χ4v) is 4.36. The van der Waals surface area contributed by atoms with E-state index < -0.39 is 22.0 Å². The van der Waals surface area contributed by atoms with Crippen LogP contribution in [-0.4, -0.2) is 42.8 Å². The Balaban J connectivity index is 1.72. The molecule has 1 aromatic carbocycles. The van der Waals surface area contributed by atoms with Gasteiger partial charge in [0.1, 0.15) is 16.3 Å². The molecule has 3 aromatic rings. The van der Waals surface area contributed by atoms with Crippen molar-refractivity contribution < 1.29 is 22.5 Å². The lowest BCUT2D eigenvalue weighted by Gasteiger charge is -2.13. The van der Waals surface area contributed by atoms with Crippen molar-refractivity contribution in [3.8, 4) is 17.0 Å². The molecule has 154 valence electrons. The molecule has 0 saturated heterocycles. The van der Waals surface area contributed by atoms with Crippen LogP contribution in [0.25, 0.3) is 11.3 Å². The van der Waals surface area contributed by atoms with Crippen LogP contribution in [0.4, 0.5) is 5.82 Å². The van der Waals surface area contributed by atoms with Gasteiger partial charge in [-0.05, 0) is 32.9 Å². The molecule has 2 heterocycles. The summed E-state index contributed by atoms with van der Waals surface area (Å²) in [5.74, 6) is 0.476. The van der Waals surface area contributed by atoms with Gasteiger partial charge < -0.3 is 14.6 Å². The van der Waals surface area contributed by atoms with Gasteiger partial charge in [0.15, 0.2) is 11.6 Å². The Morgan fingerprint density at radius 1 is 1.28 bits per heavy atom. The normalized spacial score (nSPS) is 12.6. The summed E-state index contributed by atoms with van der Waals surface area (Å²) in [6.45, 7) is 4.43. The number of methoxy groups -OCH3 is 1. The van der Waals surface area contributed by atoms with Gasteiger partial charge in [0, 0.05) is 11.6 Å². The zero-order valence-electron chi connectivity index (χ0n) is 16.3. The Labute approximate surface area is 167 Å². The highest BCUT2D eigenvalue weighted by Crippen LogP contribution is 2.29. The average molecular weight is 419 g/mol. The van der Waals surface area contributed by atoms with Crippen LogP contribution in [0.1, 0.15) is 18.4 Å². The molecule has 0 radical (unpaired) electrons. The minimum atomic E-state index is -3.97. The molecule has 0 saturated carbocycles. The van der Waals surface area contributed by atoms with Gasteiger partial charge in [-0.1, -0.05) is 17.3 Å². The highest BCUT2D eigenvalue weighted by molar-refractivity contribution is 7.89. The van der Waals surface area contributed by atoms with E-state index in [1.165, 1.54) is 20.8 Å². The Hall–Kier alpha value is -3.18. The number of hydrogen-bond donors (Lipinski definition) is 3. The number of aromatic nitrogens is 3. The molecule has 0 spiro atoms. The summed E-state index contributed by atoms with van der Waals surface area (Å²) in [5.41, 5.74) is 1.63. The average Bonchev–Trinajstić information content (AvgIpc) is 3.27. The minimum Gasteiger partial charge on any atom is -0.496 e. The maximum Gasteiger partial charge on any atom is 0.246 e. The van der Waals surface area contributed by atoms with Gasteiger partial charge in [-0.2, -0.15) is 9.82 Å². The second-order valence-corrected chi connectivity index (χ2v) is 8.00. The number of anilines is 1. The highest BCUT2D eigenvalue weighted by atomic mass is 32.2. The van der Waals surface area contributed by atoms with Crippen molar-refractivity contribution in [2.75, 3.05) is 12.4 Å². The van der Waals surface area contributed by atoms with Gasteiger partial charge in [-0.3, -0.25) is 9.89 Å². The fraction of sp³-hybridized carbons (Fsp3) is 0.278. The summed E-state index contributed by atoms with van der Waals surface area (Å²) in [6.07, 6.45) is 0. The number of amides is 1. The summed E-state index contributed by atoms with van der Waals surface area (Å²) in [7, 11) is -2.41. The van der Waals surface area contributed by atoms with Crippen LogP contribution >= 0.6 is 0 Å². The van der Waals surface area contributed by atoms with E-state index in [1.807, 2.05) is 18.2 Å². The van der Waals surface area contributed by atoms with Gasteiger partial charge in [-0.25, -0.2) is 8.42 Å². The molecule has 0 unspecified atom stereocenters. The number of benzene rings is 1. The van der Waals surface area contributed by atoms with Crippen molar-refractivity contribution >= 4 is 21.7 Å². The quantitative estimate of drug-likeness (QED) is 0.532. The van der Waals surface area contributed by atoms with E-state index in [4.69, 9.17) is 9.26 Å². The number of sulfonamides is 1. The van der Waals surface area contributed by atoms with E-state index in [2.05, 4.69) is 25.4 Å². The number of aromatic amines is 1. The second-order valence-electron chi connectivity index (χ2n) is 6.35. The molecule has 0 bridgehead atoms. The first-order valence-electron chi connectivity index (χ1n) is 8.67. The second kappa shape index (κ2) is 8.05. The van der Waals surface area contributed by atoms with Crippen LogP contribution in [0.5, 0.6) is 5.75 Å². The topological polar surface area (TPSA) is 139 Å². The molecule has 29 heavy (non-hydrogen) atoms. The summed E-state index contributed by atoms with van der Waals surface area (Å²) >= 11 is 0. The van der Waals surface area contributed by atoms with Crippen LogP contribution in [0, 0.1) is 13.8 Å². The van der Waals surface area contributed by atoms with E-state index in [0.29, 0.717) is 11.4 Å². The van der Waals surface area contributed by atoms with Crippen molar-refractivity contribution in [1.29, 1.82) is 0 Å². The molecule has 11 heteroatoms. The third-order valence-electron chi connectivity index (χ3n) is 4.19. The summed E-state index contributed by atoms with van der Waals surface area (Å²) in [6, 6.07) is 7.92. The monoisotopic (exact) mass is 419 g/mol. The minimum absolute atomic E-state index is 0.0737. The van der Waals surface area contributed by atoms with Crippen molar-refractivity contribution in [3.05, 3.63) is 41.8 Å². The number of nitrogens with zero attached hydrogens (tertiary/aromatic N) is 2. The van der Waals surface area contributed by atoms with Crippen molar-refractivity contribution in [1.82, 2.24) is 20.1 Å². The highest BCUT2D eigenvalue weighted by Gasteiger charge is 2.28. The van der Waals surface area contributed by atoms with Crippen LogP contribution in [-0.2, 0) is 14.8 Å². The Morgan fingerprint density at radius 2 is 2.00 bits per heavy atom. The molecule has 0 fully saturated rings. The lowest BCUT2D eigenvalue weighted by molar-refractivity contribution is -0.117. The number of carbonyl (C=O) groups is 1. The first-order chi connectivity index (χ1) is 13.7. The van der Waals surface area contributed by atoms with E-state index in [9.17, 15) is 13.2 Å². The smallest absolute Gasteiger partial charge is 0.246 e. The van der Waals surface area contributed by atoms with Gasteiger partial charge in [0.05, 0.1) is 18.8 Å². The van der Waals surface area contributed by atoms with Gasteiger partial charge in [0.25, 0.3) is 0 Å². The van der Waals surface area contributed by atoms with Crippen molar-refractivity contribution in [2.24, 2.45) is 0 Å². The van der Waals surface area contributed by atoms with E-state index in [0.717, 1.165) is 5.56 Å². The van der Waals surface area contributed by atoms with Crippen LogP contribution < -0.4 is 14.8 Å². The summed E-state index contributed by atoms with van der Waals surface area (Å²) < 4.78 is 37.6. The zero-order valence-corrected chi connectivity index (χ0v) is 17.1. The van der Waals surface area contributed by atoms with E-state index >= 15 is 0 Å². The molecule has 1 atom stereocenters. The third-order valence-corrected chi connectivity index (χ3v) is 5.97. The molecule has 0 aliphatic rings. The molecule has 10 nitrogen and oxygen atoms in total. The standard InChI is InChI=1S/C18H21N5O5S/c1-10-17(12(3)28-22-10)29(25,26)23-11(2)18(24)19-16-9-14(20-21-16)13-7-5-6-8-15(13)27-4/h5-9,11,23H,1-4H3,(H2,19,20,21,24)/t11-/m0/s1. The Kier molecular flexibility index (Phi) is 5.71. The largest absolute Gasteiger partial charge is 0.496 e. The predicted molar refractivity (Wildman–Crippen MR) is 105 cm³/mol. The number of carbonyl (C=O) groups excluding carboxylic acids is 1. The maximum atomic E-state index is 12.5. The molecule has 3 rings (SSSR count). The first-order valence-corrected chi connectivity index (χ1v) is 10.2. The fourth-order valence-electron chi connectivity index (χ4n) is 2.83. The van der Waals surface area contributed by atoms with Crippen LogP contribution in [0.2, 0.25) is 0 Å². The molecular formula is C18H21N5O5S. The lowest BCUT2D eigenvalue weighted by atomic mass is 10.1. The maximum absolute atomic E-state index is 12.5. The number of rotatable bonds is 7. The predicted octanol–water partition coefficient (Wildman–Crippen LogP) is 2.00. The Morgan fingerprint density at radius 3 is 2.66 bits per heavy atom. The summed E-state index contributed by atoms with van der Waals surface area (Å²) in [5, 5.41) is 13.1. The molecule has 2 aromatic heterocycles. The Bertz CT molecular complexity index is 1120. The van der Waals surface area contributed by atoms with Gasteiger partial charge >= 0.3 is 0 Å². The number of ether oxygens (including phenoxy) is 1. The van der Waals surface area contributed by atoms with Gasteiger partial charge in [0.2, 0.25) is 15.9 Å². The number of aryl methyl sites for hydroxylation is 2. The SMILES string of the molecule is COc1ccccc1-c1cc(NC(=O)[C@H](C)NS(=O)(=O)c2c(C)noc2C)n[nH]1. The number of H-pyrrole nitrogens is 1. The molecule has 1 amide bonds. The van der Waals surface area contributed by atoms with Crippen molar-refractivity contribution in [2.45, 2.75) is 31.7 Å². The molecule has 0 aliphatic carbocycles. The number of para-hydroxylation sites is 1. The van der Waals surface area contributed by atoms with Gasteiger partial charge in [-0.15, -0.1) is 0 Å². The lowest BCUT2D eigenvalue weighted by Crippen LogP contribution is -2.41. The molecular weight excluding hydrogens is 398 g/mol. The number of hydrogen-bond acceptors (Lipinski definition) is 7. The number of nitrogens with one attached hydrogen (secondary N) is 3. The van der Waals surface area contributed by atoms with Crippen LogP contribution in [0.3, 0.4) is 0 Å². The van der Waals surface area contributed by atoms with Crippen molar-refractivity contribution in [3.63, 3.8) is 0 Å². The zero-order chi connectivity index (χ0) is 21.2. The van der Waals surface area contributed by atoms with E-state index in [1.54, 1.807) is 19.2 Å². The first kappa shape index (κ1) is 20.6. The summed E-state index contributed by atoms with van der Waals surface area (Å²) in [4.78, 5) is 12.4. The molecule has 0 aliphatic heterocycles. The third kappa shape index (κ3) is 4.30.